The van der Waals surface area contributed by atoms with Crippen LogP contribution in [0, 0.1) is 0 Å². The molecule has 5 nitrogen and oxygen atoms in total. The fourth-order valence-electron chi connectivity index (χ4n) is 2.52. The van der Waals surface area contributed by atoms with Crippen molar-refractivity contribution in [2.75, 3.05) is 4.72 Å². The summed E-state index contributed by atoms with van der Waals surface area (Å²) in [5.41, 5.74) is 1.91. The molecule has 1 N–H and O–H groups in total. The van der Waals surface area contributed by atoms with Crippen LogP contribution in [0.2, 0.25) is 0 Å². The van der Waals surface area contributed by atoms with Crippen molar-refractivity contribution in [1.29, 1.82) is 0 Å². The van der Waals surface area contributed by atoms with Crippen molar-refractivity contribution < 1.29 is 8.42 Å². The summed E-state index contributed by atoms with van der Waals surface area (Å²) in [6.07, 6.45) is 3.19. The third-order valence-corrected chi connectivity index (χ3v) is 6.21. The van der Waals surface area contributed by atoms with Gasteiger partial charge in [0.05, 0.1) is 9.77 Å². The van der Waals surface area contributed by atoms with E-state index in [1.54, 1.807) is 41.3 Å². The Labute approximate surface area is 152 Å². The zero-order chi connectivity index (χ0) is 17.9. The van der Waals surface area contributed by atoms with Gasteiger partial charge in [-0.15, -0.1) is 11.3 Å². The van der Waals surface area contributed by atoms with Gasteiger partial charge in [0.25, 0.3) is 10.0 Å². The van der Waals surface area contributed by atoms with Crippen LogP contribution in [0.1, 0.15) is 25.3 Å². The van der Waals surface area contributed by atoms with Crippen LogP contribution < -0.4 is 4.72 Å². The van der Waals surface area contributed by atoms with E-state index in [4.69, 9.17) is 0 Å². The van der Waals surface area contributed by atoms with Crippen LogP contribution in [0.4, 0.5) is 5.82 Å². The van der Waals surface area contributed by atoms with Gasteiger partial charge in [0.1, 0.15) is 11.5 Å². The summed E-state index contributed by atoms with van der Waals surface area (Å²) in [6, 6.07) is 12.7. The number of hydrogen-bond acceptors (Lipinski definition) is 4. The fraction of sp³-hybridized carbons (Fsp3) is 0.278. The van der Waals surface area contributed by atoms with Crippen LogP contribution >= 0.6 is 11.3 Å². The highest BCUT2D eigenvalue weighted by Crippen LogP contribution is 2.26. The second-order valence-corrected chi connectivity index (χ2v) is 8.50. The highest BCUT2D eigenvalue weighted by atomic mass is 32.2. The molecule has 2 aromatic heterocycles. The van der Waals surface area contributed by atoms with Crippen molar-refractivity contribution in [3.8, 4) is 10.6 Å². The summed E-state index contributed by atoms with van der Waals surface area (Å²) < 4.78 is 29.4. The molecular weight excluding hydrogens is 354 g/mol. The lowest BCUT2D eigenvalue weighted by Crippen LogP contribution is -2.15. The summed E-state index contributed by atoms with van der Waals surface area (Å²) in [5.74, 6) is 0.443. The zero-order valence-electron chi connectivity index (χ0n) is 14.3. The number of nitrogens with zero attached hydrogens (tertiary/aromatic N) is 2. The zero-order valence-corrected chi connectivity index (χ0v) is 15.9. The van der Waals surface area contributed by atoms with Gasteiger partial charge >= 0.3 is 0 Å². The van der Waals surface area contributed by atoms with E-state index in [9.17, 15) is 8.42 Å². The first-order valence-electron chi connectivity index (χ1n) is 8.19. The number of sulfonamides is 1. The van der Waals surface area contributed by atoms with E-state index in [-0.39, 0.29) is 4.90 Å². The lowest BCUT2D eigenvalue weighted by atomic mass is 10.1. The SMILES string of the molecule is CCCCc1ccc(S(=O)(=O)Nc2cc(-c3cccs3)nn2C)cc1. The molecule has 0 aliphatic heterocycles. The highest BCUT2D eigenvalue weighted by Gasteiger charge is 2.17. The average molecular weight is 376 g/mol. The first-order valence-corrected chi connectivity index (χ1v) is 10.6. The van der Waals surface area contributed by atoms with Gasteiger partial charge in [0.15, 0.2) is 0 Å². The predicted octanol–water partition coefficient (Wildman–Crippen LogP) is 4.29. The van der Waals surface area contributed by atoms with E-state index in [0.29, 0.717) is 5.82 Å². The predicted molar refractivity (Wildman–Crippen MR) is 102 cm³/mol. The van der Waals surface area contributed by atoms with Gasteiger partial charge in [-0.1, -0.05) is 31.5 Å². The van der Waals surface area contributed by atoms with Crippen LogP contribution in [-0.4, -0.2) is 18.2 Å². The topological polar surface area (TPSA) is 64.0 Å². The maximum absolute atomic E-state index is 12.6. The van der Waals surface area contributed by atoms with Gasteiger partial charge in [0, 0.05) is 13.1 Å². The molecule has 132 valence electrons. The Bertz CT molecular complexity index is 927. The van der Waals surface area contributed by atoms with Gasteiger partial charge in [-0.2, -0.15) is 5.10 Å². The molecule has 0 bridgehead atoms. The molecule has 0 aliphatic carbocycles. The molecule has 3 rings (SSSR count). The minimum atomic E-state index is -3.64. The van der Waals surface area contributed by atoms with Crippen molar-refractivity contribution in [3.63, 3.8) is 0 Å². The molecular formula is C18H21N3O2S2. The maximum atomic E-state index is 12.6. The van der Waals surface area contributed by atoms with Crippen LogP contribution in [0.3, 0.4) is 0 Å². The molecule has 7 heteroatoms. The third kappa shape index (κ3) is 4.11. The van der Waals surface area contributed by atoms with E-state index in [1.165, 1.54) is 0 Å². The fourth-order valence-corrected chi connectivity index (χ4v) is 4.28. The van der Waals surface area contributed by atoms with Gasteiger partial charge in [0.2, 0.25) is 0 Å². The Morgan fingerprint density at radius 3 is 2.60 bits per heavy atom. The normalized spacial score (nSPS) is 11.6. The molecule has 25 heavy (non-hydrogen) atoms. The second kappa shape index (κ2) is 7.41. The van der Waals surface area contributed by atoms with Gasteiger partial charge in [-0.05, 0) is 42.0 Å². The summed E-state index contributed by atoms with van der Waals surface area (Å²) in [5, 5.41) is 6.35. The molecule has 2 heterocycles. The molecule has 0 saturated carbocycles. The monoisotopic (exact) mass is 375 g/mol. The van der Waals surface area contributed by atoms with E-state index < -0.39 is 10.0 Å². The first kappa shape index (κ1) is 17.7. The summed E-state index contributed by atoms with van der Waals surface area (Å²) >= 11 is 1.57. The smallest absolute Gasteiger partial charge is 0.263 e. The van der Waals surface area contributed by atoms with Gasteiger partial charge in [-0.25, -0.2) is 8.42 Å². The number of aromatic nitrogens is 2. The molecule has 0 amide bonds. The van der Waals surface area contributed by atoms with Crippen LogP contribution in [0.5, 0.6) is 0 Å². The summed E-state index contributed by atoms with van der Waals surface area (Å²) in [7, 11) is -1.91. The van der Waals surface area contributed by atoms with Crippen molar-refractivity contribution in [1.82, 2.24) is 9.78 Å². The van der Waals surface area contributed by atoms with Crippen molar-refractivity contribution >= 4 is 27.2 Å². The minimum absolute atomic E-state index is 0.256. The molecule has 0 unspecified atom stereocenters. The second-order valence-electron chi connectivity index (χ2n) is 5.87. The number of nitrogens with one attached hydrogen (secondary N) is 1. The maximum Gasteiger partial charge on any atom is 0.263 e. The molecule has 0 spiro atoms. The molecule has 1 aromatic carbocycles. The Hall–Kier alpha value is -2.12. The van der Waals surface area contributed by atoms with Gasteiger partial charge in [-0.3, -0.25) is 9.40 Å². The largest absolute Gasteiger partial charge is 0.264 e. The Morgan fingerprint density at radius 1 is 1.20 bits per heavy atom. The van der Waals surface area contributed by atoms with E-state index >= 15 is 0 Å². The number of thiophene rings is 1. The summed E-state index contributed by atoms with van der Waals surface area (Å²) in [6.45, 7) is 2.14. The van der Waals surface area contributed by atoms with Crippen molar-refractivity contribution in [3.05, 3.63) is 53.4 Å². The highest BCUT2D eigenvalue weighted by molar-refractivity contribution is 7.92. The summed E-state index contributed by atoms with van der Waals surface area (Å²) in [4.78, 5) is 1.26. The third-order valence-electron chi connectivity index (χ3n) is 3.95. The average Bonchev–Trinajstić information content (AvgIpc) is 3.23. The molecule has 0 saturated heterocycles. The van der Waals surface area contributed by atoms with E-state index in [2.05, 4.69) is 16.7 Å². The number of hydrogen-bond donors (Lipinski definition) is 1. The minimum Gasteiger partial charge on any atom is -0.264 e. The van der Waals surface area contributed by atoms with Gasteiger partial charge < -0.3 is 0 Å². The number of unbranched alkanes of at least 4 members (excludes halogenated alkanes) is 1. The van der Waals surface area contributed by atoms with Crippen LogP contribution in [0.25, 0.3) is 10.6 Å². The Kier molecular flexibility index (Phi) is 5.24. The van der Waals surface area contributed by atoms with Crippen molar-refractivity contribution in [2.24, 2.45) is 7.05 Å². The number of benzene rings is 1. The Morgan fingerprint density at radius 2 is 1.96 bits per heavy atom. The standard InChI is InChI=1S/C18H21N3O2S2/c1-3-4-6-14-8-10-15(11-9-14)25(22,23)20-18-13-16(19-21(18)2)17-7-5-12-24-17/h5,7-13,20H,3-4,6H2,1-2H3. The van der Waals surface area contributed by atoms with Crippen LogP contribution in [-0.2, 0) is 23.5 Å². The molecule has 0 fully saturated rings. The number of rotatable bonds is 7. The lowest BCUT2D eigenvalue weighted by Gasteiger charge is -2.08. The molecule has 0 aliphatic rings. The van der Waals surface area contributed by atoms with Crippen molar-refractivity contribution in [2.45, 2.75) is 31.1 Å². The lowest BCUT2D eigenvalue weighted by molar-refractivity contribution is 0.600. The van der Waals surface area contributed by atoms with Crippen LogP contribution in [0.15, 0.2) is 52.7 Å². The Balaban J connectivity index is 1.79. The number of anilines is 1. The molecule has 3 aromatic rings. The quantitative estimate of drug-likeness (QED) is 0.670. The molecule has 0 atom stereocenters. The molecule has 0 radical (unpaired) electrons. The first-order chi connectivity index (χ1) is 12.0. The van der Waals surface area contributed by atoms with E-state index in [0.717, 1.165) is 35.4 Å². The van der Waals surface area contributed by atoms with E-state index in [1.807, 2.05) is 29.6 Å². The number of aryl methyl sites for hydroxylation is 2.